The molecule has 0 amide bonds. The Balaban J connectivity index is 2.08. The van der Waals surface area contributed by atoms with Gasteiger partial charge < -0.3 is 5.32 Å². The molecule has 2 N–H and O–H groups in total. The molecule has 106 valence electrons. The highest BCUT2D eigenvalue weighted by Crippen LogP contribution is 2.27. The minimum Gasteiger partial charge on any atom is -0.317 e. The molecule has 2 rings (SSSR count). The predicted octanol–water partition coefficient (Wildman–Crippen LogP) is 1.66. The molecule has 0 unspecified atom stereocenters. The third kappa shape index (κ3) is 3.55. The molecule has 0 atom stereocenters. The zero-order valence-electron chi connectivity index (χ0n) is 11.6. The van der Waals surface area contributed by atoms with Gasteiger partial charge in [-0.1, -0.05) is 25.1 Å². The van der Waals surface area contributed by atoms with E-state index in [0.717, 1.165) is 31.5 Å². The van der Waals surface area contributed by atoms with Crippen LogP contribution < -0.4 is 10.0 Å². The van der Waals surface area contributed by atoms with Gasteiger partial charge in [-0.05, 0) is 49.9 Å². The maximum absolute atomic E-state index is 12.3. The molecule has 19 heavy (non-hydrogen) atoms. The molecular formula is C14H22N2O2S. The molecule has 0 aliphatic carbocycles. The molecule has 1 aromatic rings. The number of hydrogen-bond donors (Lipinski definition) is 2. The van der Waals surface area contributed by atoms with E-state index in [2.05, 4.69) is 17.0 Å². The van der Waals surface area contributed by atoms with Crippen LogP contribution in [0.4, 0.5) is 0 Å². The van der Waals surface area contributed by atoms with Gasteiger partial charge in [-0.25, -0.2) is 13.1 Å². The van der Waals surface area contributed by atoms with Crippen LogP contribution in [0.5, 0.6) is 0 Å². The van der Waals surface area contributed by atoms with Gasteiger partial charge in [0.25, 0.3) is 0 Å². The normalized spacial score (nSPS) is 19.3. The SMILES string of the molecule is Cc1ccccc1S(=O)(=O)NCC1(C)CCNCC1. The molecular weight excluding hydrogens is 260 g/mol. The lowest BCUT2D eigenvalue weighted by atomic mass is 9.81. The fourth-order valence-electron chi connectivity index (χ4n) is 2.41. The van der Waals surface area contributed by atoms with Crippen LogP contribution >= 0.6 is 0 Å². The Labute approximate surface area is 115 Å². The smallest absolute Gasteiger partial charge is 0.240 e. The molecule has 1 saturated heterocycles. The maximum Gasteiger partial charge on any atom is 0.240 e. The third-order valence-corrected chi connectivity index (χ3v) is 5.44. The van der Waals surface area contributed by atoms with Crippen LogP contribution in [-0.2, 0) is 10.0 Å². The van der Waals surface area contributed by atoms with Crippen LogP contribution in [0.3, 0.4) is 0 Å². The second-order valence-corrected chi connectivity index (χ2v) is 7.39. The third-order valence-electron chi connectivity index (χ3n) is 3.88. The summed E-state index contributed by atoms with van der Waals surface area (Å²) in [4.78, 5) is 0.382. The van der Waals surface area contributed by atoms with Gasteiger partial charge in [-0.2, -0.15) is 0 Å². The minimum atomic E-state index is -3.40. The molecule has 1 aliphatic heterocycles. The van der Waals surface area contributed by atoms with Crippen LogP contribution in [-0.4, -0.2) is 28.1 Å². The number of nitrogens with one attached hydrogen (secondary N) is 2. The molecule has 5 heteroatoms. The molecule has 0 radical (unpaired) electrons. The molecule has 1 heterocycles. The summed E-state index contributed by atoms with van der Waals surface area (Å²) in [5, 5.41) is 3.30. The van der Waals surface area contributed by atoms with E-state index in [4.69, 9.17) is 0 Å². The lowest BCUT2D eigenvalue weighted by Crippen LogP contribution is -2.42. The summed E-state index contributed by atoms with van der Waals surface area (Å²) in [7, 11) is -3.40. The Bertz CT molecular complexity index is 534. The van der Waals surface area contributed by atoms with Crippen LogP contribution in [0.2, 0.25) is 0 Å². The Morgan fingerprint density at radius 3 is 2.53 bits per heavy atom. The average Bonchev–Trinajstić information content (AvgIpc) is 2.38. The molecule has 0 bridgehead atoms. The number of piperidine rings is 1. The van der Waals surface area contributed by atoms with Gasteiger partial charge in [-0.3, -0.25) is 0 Å². The molecule has 0 spiro atoms. The van der Waals surface area contributed by atoms with Crippen molar-refractivity contribution < 1.29 is 8.42 Å². The van der Waals surface area contributed by atoms with Gasteiger partial charge >= 0.3 is 0 Å². The van der Waals surface area contributed by atoms with E-state index < -0.39 is 10.0 Å². The minimum absolute atomic E-state index is 0.0566. The van der Waals surface area contributed by atoms with Crippen molar-refractivity contribution in [3.63, 3.8) is 0 Å². The lowest BCUT2D eigenvalue weighted by Gasteiger charge is -2.34. The van der Waals surface area contributed by atoms with E-state index in [-0.39, 0.29) is 5.41 Å². The summed E-state index contributed by atoms with van der Waals surface area (Å²) >= 11 is 0. The first-order chi connectivity index (χ1) is 8.93. The summed E-state index contributed by atoms with van der Waals surface area (Å²) in [5.41, 5.74) is 0.839. The zero-order valence-corrected chi connectivity index (χ0v) is 12.4. The highest BCUT2D eigenvalue weighted by molar-refractivity contribution is 7.89. The zero-order chi connectivity index (χ0) is 13.9. The van der Waals surface area contributed by atoms with Gasteiger partial charge in [0.2, 0.25) is 10.0 Å². The van der Waals surface area contributed by atoms with E-state index in [9.17, 15) is 8.42 Å². The number of benzene rings is 1. The van der Waals surface area contributed by atoms with E-state index in [0.29, 0.717) is 11.4 Å². The van der Waals surface area contributed by atoms with Crippen molar-refractivity contribution in [1.82, 2.24) is 10.0 Å². The van der Waals surface area contributed by atoms with Crippen molar-refractivity contribution >= 4 is 10.0 Å². The van der Waals surface area contributed by atoms with Crippen molar-refractivity contribution in [2.24, 2.45) is 5.41 Å². The lowest BCUT2D eigenvalue weighted by molar-refractivity contribution is 0.232. The van der Waals surface area contributed by atoms with Crippen LogP contribution in [0.25, 0.3) is 0 Å². The first-order valence-corrected chi connectivity index (χ1v) is 8.17. The summed E-state index contributed by atoms with van der Waals surface area (Å²) < 4.78 is 27.4. The number of hydrogen-bond acceptors (Lipinski definition) is 3. The molecule has 0 aromatic heterocycles. The second-order valence-electron chi connectivity index (χ2n) is 5.65. The van der Waals surface area contributed by atoms with E-state index >= 15 is 0 Å². The second kappa shape index (κ2) is 5.61. The summed E-state index contributed by atoms with van der Waals surface area (Å²) in [5.74, 6) is 0. The average molecular weight is 282 g/mol. The molecule has 1 fully saturated rings. The van der Waals surface area contributed by atoms with E-state index in [1.165, 1.54) is 0 Å². The summed E-state index contributed by atoms with van der Waals surface area (Å²) in [6.45, 7) is 6.39. The van der Waals surface area contributed by atoms with Gasteiger partial charge in [0, 0.05) is 6.54 Å². The largest absolute Gasteiger partial charge is 0.317 e. The first-order valence-electron chi connectivity index (χ1n) is 6.69. The van der Waals surface area contributed by atoms with Crippen molar-refractivity contribution in [2.75, 3.05) is 19.6 Å². The van der Waals surface area contributed by atoms with Gasteiger partial charge in [0.05, 0.1) is 4.90 Å². The number of rotatable bonds is 4. The van der Waals surface area contributed by atoms with Crippen LogP contribution in [0, 0.1) is 12.3 Å². The number of sulfonamides is 1. The monoisotopic (exact) mass is 282 g/mol. The molecule has 1 aromatic carbocycles. The predicted molar refractivity (Wildman–Crippen MR) is 76.6 cm³/mol. The maximum atomic E-state index is 12.3. The van der Waals surface area contributed by atoms with Gasteiger partial charge in [0.1, 0.15) is 0 Å². The molecule has 0 saturated carbocycles. The van der Waals surface area contributed by atoms with Crippen molar-refractivity contribution in [3.8, 4) is 0 Å². The highest BCUT2D eigenvalue weighted by Gasteiger charge is 2.28. The van der Waals surface area contributed by atoms with Gasteiger partial charge in [-0.15, -0.1) is 0 Å². The van der Waals surface area contributed by atoms with Crippen molar-refractivity contribution in [3.05, 3.63) is 29.8 Å². The Morgan fingerprint density at radius 2 is 1.89 bits per heavy atom. The van der Waals surface area contributed by atoms with Crippen LogP contribution in [0.15, 0.2) is 29.2 Å². The molecule has 1 aliphatic rings. The standard InChI is InChI=1S/C14H22N2O2S/c1-12-5-3-4-6-13(12)19(17,18)16-11-14(2)7-9-15-10-8-14/h3-6,15-16H,7-11H2,1-2H3. The van der Waals surface area contributed by atoms with Gasteiger partial charge in [0.15, 0.2) is 0 Å². The fourth-order valence-corrected chi connectivity index (χ4v) is 3.86. The van der Waals surface area contributed by atoms with E-state index in [1.54, 1.807) is 12.1 Å². The topological polar surface area (TPSA) is 58.2 Å². The van der Waals surface area contributed by atoms with E-state index in [1.807, 2.05) is 19.1 Å². The highest BCUT2D eigenvalue weighted by atomic mass is 32.2. The summed E-state index contributed by atoms with van der Waals surface area (Å²) in [6, 6.07) is 7.08. The molecule has 4 nitrogen and oxygen atoms in total. The Morgan fingerprint density at radius 1 is 1.26 bits per heavy atom. The number of aryl methyl sites for hydroxylation is 1. The quantitative estimate of drug-likeness (QED) is 0.883. The van der Waals surface area contributed by atoms with Crippen LogP contribution in [0.1, 0.15) is 25.3 Å². The van der Waals surface area contributed by atoms with Crippen molar-refractivity contribution in [2.45, 2.75) is 31.6 Å². The van der Waals surface area contributed by atoms with Crippen molar-refractivity contribution in [1.29, 1.82) is 0 Å². The Kier molecular flexibility index (Phi) is 4.28. The first kappa shape index (κ1) is 14.5. The fraction of sp³-hybridized carbons (Fsp3) is 0.571. The Hall–Kier alpha value is -0.910. The summed E-state index contributed by atoms with van der Waals surface area (Å²) in [6.07, 6.45) is 2.01.